The van der Waals surface area contributed by atoms with E-state index in [0.717, 1.165) is 25.7 Å². The smallest absolute Gasteiger partial charge is 0.335 e. The van der Waals surface area contributed by atoms with E-state index in [1.165, 1.54) is 25.1 Å². The molecule has 1 aliphatic carbocycles. The van der Waals surface area contributed by atoms with Gasteiger partial charge < -0.3 is 10.4 Å². The van der Waals surface area contributed by atoms with Crippen LogP contribution in [0.15, 0.2) is 18.3 Å². The SMILES string of the molecule is CCN(CCNc1cc(C(=O)O)ccn1)C1CC1. The van der Waals surface area contributed by atoms with Gasteiger partial charge >= 0.3 is 5.97 Å². The molecule has 0 unspecified atom stereocenters. The Labute approximate surface area is 107 Å². The molecule has 0 aliphatic heterocycles. The largest absolute Gasteiger partial charge is 0.478 e. The second-order valence-corrected chi connectivity index (χ2v) is 4.52. The van der Waals surface area contributed by atoms with Crippen molar-refractivity contribution in [3.8, 4) is 0 Å². The summed E-state index contributed by atoms with van der Waals surface area (Å²) in [5, 5.41) is 12.0. The molecule has 1 heterocycles. The van der Waals surface area contributed by atoms with E-state index in [1.807, 2.05) is 0 Å². The molecule has 1 aliphatic rings. The van der Waals surface area contributed by atoms with E-state index in [9.17, 15) is 4.79 Å². The van der Waals surface area contributed by atoms with Gasteiger partial charge in [0.05, 0.1) is 5.56 Å². The summed E-state index contributed by atoms with van der Waals surface area (Å²) in [5.41, 5.74) is 0.266. The summed E-state index contributed by atoms with van der Waals surface area (Å²) < 4.78 is 0. The molecule has 18 heavy (non-hydrogen) atoms. The highest BCUT2D eigenvalue weighted by Gasteiger charge is 2.27. The van der Waals surface area contributed by atoms with E-state index in [0.29, 0.717) is 5.82 Å². The Morgan fingerprint density at radius 2 is 2.39 bits per heavy atom. The summed E-state index contributed by atoms with van der Waals surface area (Å²) in [5.74, 6) is -0.296. The standard InChI is InChI=1S/C13H19N3O2/c1-2-16(11-3-4-11)8-7-15-12-9-10(13(17)18)5-6-14-12/h5-6,9,11H,2-4,7-8H2,1H3,(H,14,15)(H,17,18). The van der Waals surface area contributed by atoms with Crippen LogP contribution in [-0.4, -0.2) is 46.6 Å². The van der Waals surface area contributed by atoms with Gasteiger partial charge in [-0.25, -0.2) is 9.78 Å². The molecule has 1 fully saturated rings. The highest BCUT2D eigenvalue weighted by atomic mass is 16.4. The molecule has 0 radical (unpaired) electrons. The maximum atomic E-state index is 10.8. The molecule has 1 aromatic rings. The normalized spacial score (nSPS) is 14.8. The number of likely N-dealkylation sites (N-methyl/N-ethyl adjacent to an activating group) is 1. The molecule has 0 bridgehead atoms. The van der Waals surface area contributed by atoms with E-state index in [-0.39, 0.29) is 5.56 Å². The van der Waals surface area contributed by atoms with Crippen molar-refractivity contribution in [1.82, 2.24) is 9.88 Å². The minimum Gasteiger partial charge on any atom is -0.478 e. The van der Waals surface area contributed by atoms with Crippen molar-refractivity contribution in [2.75, 3.05) is 25.0 Å². The molecular weight excluding hydrogens is 230 g/mol. The summed E-state index contributed by atoms with van der Waals surface area (Å²) in [6.45, 7) is 5.00. The Morgan fingerprint density at radius 1 is 1.61 bits per heavy atom. The Kier molecular flexibility index (Phi) is 4.15. The van der Waals surface area contributed by atoms with E-state index in [2.05, 4.69) is 22.1 Å². The highest BCUT2D eigenvalue weighted by molar-refractivity contribution is 5.88. The number of aromatic nitrogens is 1. The zero-order valence-electron chi connectivity index (χ0n) is 10.6. The van der Waals surface area contributed by atoms with Crippen LogP contribution in [0.2, 0.25) is 0 Å². The van der Waals surface area contributed by atoms with Crippen LogP contribution in [0.4, 0.5) is 5.82 Å². The zero-order valence-corrected chi connectivity index (χ0v) is 10.6. The Bertz CT molecular complexity index is 418. The molecule has 0 atom stereocenters. The highest BCUT2D eigenvalue weighted by Crippen LogP contribution is 2.25. The lowest BCUT2D eigenvalue weighted by Crippen LogP contribution is -2.31. The van der Waals surface area contributed by atoms with Crippen molar-refractivity contribution in [3.63, 3.8) is 0 Å². The van der Waals surface area contributed by atoms with E-state index in [4.69, 9.17) is 5.11 Å². The summed E-state index contributed by atoms with van der Waals surface area (Å²) >= 11 is 0. The number of nitrogens with one attached hydrogen (secondary N) is 1. The molecular formula is C13H19N3O2. The van der Waals surface area contributed by atoms with Crippen molar-refractivity contribution in [1.29, 1.82) is 0 Å². The number of hydrogen-bond acceptors (Lipinski definition) is 4. The molecule has 5 heteroatoms. The third-order valence-electron chi connectivity index (χ3n) is 3.18. The number of carboxylic acid groups (broad SMARTS) is 1. The zero-order chi connectivity index (χ0) is 13.0. The summed E-state index contributed by atoms with van der Waals surface area (Å²) in [6, 6.07) is 3.82. The number of nitrogens with zero attached hydrogens (tertiary/aromatic N) is 2. The summed E-state index contributed by atoms with van der Waals surface area (Å²) in [4.78, 5) is 17.4. The van der Waals surface area contributed by atoms with Gasteiger partial charge in [0.2, 0.25) is 0 Å². The fraction of sp³-hybridized carbons (Fsp3) is 0.538. The number of hydrogen-bond donors (Lipinski definition) is 2. The average molecular weight is 249 g/mol. The van der Waals surface area contributed by atoms with Gasteiger partial charge in [0.1, 0.15) is 5.82 Å². The topological polar surface area (TPSA) is 65.5 Å². The molecule has 0 amide bonds. The molecule has 0 saturated heterocycles. The third-order valence-corrected chi connectivity index (χ3v) is 3.18. The van der Waals surface area contributed by atoms with Gasteiger partial charge in [0.15, 0.2) is 0 Å². The summed E-state index contributed by atoms with van der Waals surface area (Å²) in [6.07, 6.45) is 4.13. The predicted molar refractivity (Wildman–Crippen MR) is 70.0 cm³/mol. The number of carboxylic acids is 1. The second-order valence-electron chi connectivity index (χ2n) is 4.52. The molecule has 5 nitrogen and oxygen atoms in total. The molecule has 2 N–H and O–H groups in total. The molecule has 1 saturated carbocycles. The fourth-order valence-electron chi connectivity index (χ4n) is 2.03. The van der Waals surface area contributed by atoms with Gasteiger partial charge in [-0.3, -0.25) is 4.90 Å². The number of pyridine rings is 1. The molecule has 2 rings (SSSR count). The lowest BCUT2D eigenvalue weighted by molar-refractivity contribution is 0.0697. The number of aromatic carboxylic acids is 1. The first-order chi connectivity index (χ1) is 8.70. The van der Waals surface area contributed by atoms with Crippen LogP contribution in [0.5, 0.6) is 0 Å². The van der Waals surface area contributed by atoms with Crippen LogP contribution in [0.25, 0.3) is 0 Å². The first-order valence-electron chi connectivity index (χ1n) is 6.38. The van der Waals surface area contributed by atoms with E-state index < -0.39 is 5.97 Å². The van der Waals surface area contributed by atoms with Gasteiger partial charge in [-0.05, 0) is 31.5 Å². The summed E-state index contributed by atoms with van der Waals surface area (Å²) in [7, 11) is 0. The van der Waals surface area contributed by atoms with Crippen LogP contribution in [0.1, 0.15) is 30.1 Å². The van der Waals surface area contributed by atoms with Crippen molar-refractivity contribution in [3.05, 3.63) is 23.9 Å². The third kappa shape index (κ3) is 3.43. The maximum absolute atomic E-state index is 10.8. The van der Waals surface area contributed by atoms with Crippen molar-refractivity contribution < 1.29 is 9.90 Å². The van der Waals surface area contributed by atoms with Crippen LogP contribution in [-0.2, 0) is 0 Å². The van der Waals surface area contributed by atoms with E-state index >= 15 is 0 Å². The minimum atomic E-state index is -0.923. The van der Waals surface area contributed by atoms with Crippen LogP contribution >= 0.6 is 0 Å². The van der Waals surface area contributed by atoms with Gasteiger partial charge in [0.25, 0.3) is 0 Å². The average Bonchev–Trinajstić information content (AvgIpc) is 3.19. The fourth-order valence-corrected chi connectivity index (χ4v) is 2.03. The molecule has 1 aromatic heterocycles. The molecule has 0 spiro atoms. The van der Waals surface area contributed by atoms with Crippen LogP contribution < -0.4 is 5.32 Å². The first kappa shape index (κ1) is 12.8. The van der Waals surface area contributed by atoms with Crippen molar-refractivity contribution >= 4 is 11.8 Å². The maximum Gasteiger partial charge on any atom is 0.335 e. The quantitative estimate of drug-likeness (QED) is 0.769. The lowest BCUT2D eigenvalue weighted by Gasteiger charge is -2.19. The Hall–Kier alpha value is -1.62. The monoisotopic (exact) mass is 249 g/mol. The predicted octanol–water partition coefficient (Wildman–Crippen LogP) is 1.68. The van der Waals surface area contributed by atoms with E-state index in [1.54, 1.807) is 6.07 Å². The van der Waals surface area contributed by atoms with Crippen LogP contribution in [0.3, 0.4) is 0 Å². The van der Waals surface area contributed by atoms with Gasteiger partial charge in [0, 0.05) is 25.3 Å². The van der Waals surface area contributed by atoms with Crippen LogP contribution in [0, 0.1) is 0 Å². The number of rotatable bonds is 7. The second kappa shape index (κ2) is 5.82. The number of carbonyl (C=O) groups is 1. The minimum absolute atomic E-state index is 0.266. The van der Waals surface area contributed by atoms with Crippen molar-refractivity contribution in [2.24, 2.45) is 0 Å². The van der Waals surface area contributed by atoms with Gasteiger partial charge in [-0.1, -0.05) is 6.92 Å². The van der Waals surface area contributed by atoms with Crippen molar-refractivity contribution in [2.45, 2.75) is 25.8 Å². The Morgan fingerprint density at radius 3 is 3.00 bits per heavy atom. The first-order valence-corrected chi connectivity index (χ1v) is 6.38. The number of anilines is 1. The lowest BCUT2D eigenvalue weighted by atomic mass is 10.2. The van der Waals surface area contributed by atoms with Gasteiger partial charge in [-0.15, -0.1) is 0 Å². The molecule has 0 aromatic carbocycles. The molecule has 98 valence electrons. The Balaban J connectivity index is 1.82. The van der Waals surface area contributed by atoms with Gasteiger partial charge in [-0.2, -0.15) is 0 Å².